The van der Waals surface area contributed by atoms with Crippen molar-refractivity contribution >= 4 is 5.57 Å². The van der Waals surface area contributed by atoms with Crippen LogP contribution in [0, 0.1) is 6.92 Å². The zero-order chi connectivity index (χ0) is 15.9. The SMILES string of the molecule is C=C(/C=C(NC)\C(=C/C)C1=CC=CCC1)c1ccccc1C. The van der Waals surface area contributed by atoms with E-state index in [0.29, 0.717) is 0 Å². The average Bonchev–Trinajstić information content (AvgIpc) is 2.55. The summed E-state index contributed by atoms with van der Waals surface area (Å²) in [6.07, 6.45) is 13.1. The molecule has 0 saturated heterocycles. The van der Waals surface area contributed by atoms with Crippen molar-refractivity contribution in [2.24, 2.45) is 0 Å². The number of hydrogen-bond donors (Lipinski definition) is 1. The lowest BCUT2D eigenvalue weighted by molar-refractivity contribution is 0.933. The molecule has 0 atom stereocenters. The van der Waals surface area contributed by atoms with Crippen LogP contribution in [0.2, 0.25) is 0 Å². The molecule has 0 radical (unpaired) electrons. The van der Waals surface area contributed by atoms with Crippen molar-refractivity contribution in [1.82, 2.24) is 5.32 Å². The zero-order valence-electron chi connectivity index (χ0n) is 13.8. The Hall–Kier alpha value is -2.28. The van der Waals surface area contributed by atoms with Crippen molar-refractivity contribution in [2.45, 2.75) is 26.7 Å². The fraction of sp³-hybridized carbons (Fsp3) is 0.238. The number of nitrogens with one attached hydrogen (secondary N) is 1. The van der Waals surface area contributed by atoms with Gasteiger partial charge < -0.3 is 5.32 Å². The molecular weight excluding hydrogens is 266 g/mol. The van der Waals surface area contributed by atoms with E-state index in [1.165, 1.54) is 22.3 Å². The monoisotopic (exact) mass is 291 g/mol. The van der Waals surface area contributed by atoms with E-state index in [4.69, 9.17) is 0 Å². The minimum Gasteiger partial charge on any atom is -0.388 e. The van der Waals surface area contributed by atoms with Gasteiger partial charge in [0.25, 0.3) is 0 Å². The quantitative estimate of drug-likeness (QED) is 0.723. The van der Waals surface area contributed by atoms with Crippen LogP contribution >= 0.6 is 0 Å². The molecule has 0 heterocycles. The van der Waals surface area contributed by atoms with Gasteiger partial charge in [-0.05, 0) is 60.6 Å². The van der Waals surface area contributed by atoms with Crippen molar-refractivity contribution in [2.75, 3.05) is 7.05 Å². The van der Waals surface area contributed by atoms with Gasteiger partial charge in [-0.3, -0.25) is 0 Å². The van der Waals surface area contributed by atoms with Crippen molar-refractivity contribution < 1.29 is 0 Å². The summed E-state index contributed by atoms with van der Waals surface area (Å²) in [6, 6.07) is 8.37. The van der Waals surface area contributed by atoms with Crippen molar-refractivity contribution in [3.63, 3.8) is 0 Å². The molecule has 0 saturated carbocycles. The molecular formula is C21H25N. The second kappa shape index (κ2) is 7.65. The van der Waals surface area contributed by atoms with E-state index in [-0.39, 0.29) is 0 Å². The Kier molecular flexibility index (Phi) is 5.60. The van der Waals surface area contributed by atoms with Crippen LogP contribution in [0.1, 0.15) is 30.9 Å². The van der Waals surface area contributed by atoms with Gasteiger partial charge >= 0.3 is 0 Å². The van der Waals surface area contributed by atoms with Crippen molar-refractivity contribution in [3.05, 3.63) is 89.2 Å². The maximum atomic E-state index is 4.26. The summed E-state index contributed by atoms with van der Waals surface area (Å²) in [5.74, 6) is 0. The van der Waals surface area contributed by atoms with Crippen LogP contribution in [0.3, 0.4) is 0 Å². The van der Waals surface area contributed by atoms with E-state index in [2.05, 4.69) is 80.4 Å². The fourth-order valence-corrected chi connectivity index (χ4v) is 2.81. The molecule has 0 aliphatic heterocycles. The molecule has 1 aliphatic carbocycles. The largest absolute Gasteiger partial charge is 0.388 e. The zero-order valence-corrected chi connectivity index (χ0v) is 13.8. The van der Waals surface area contributed by atoms with E-state index >= 15 is 0 Å². The van der Waals surface area contributed by atoms with E-state index in [0.717, 1.165) is 24.1 Å². The first-order valence-electron chi connectivity index (χ1n) is 7.84. The van der Waals surface area contributed by atoms with Gasteiger partial charge in [-0.15, -0.1) is 0 Å². The summed E-state index contributed by atoms with van der Waals surface area (Å²) in [6.45, 7) is 8.48. The minimum absolute atomic E-state index is 1.04. The maximum absolute atomic E-state index is 4.26. The fourth-order valence-electron chi connectivity index (χ4n) is 2.81. The Balaban J connectivity index is 2.34. The lowest BCUT2D eigenvalue weighted by Crippen LogP contribution is -2.11. The molecule has 22 heavy (non-hydrogen) atoms. The predicted molar refractivity (Wildman–Crippen MR) is 97.6 cm³/mol. The number of likely N-dealkylation sites (N-methyl/N-ethyl adjacent to an activating group) is 1. The molecule has 2 rings (SSSR count). The molecule has 1 aliphatic rings. The number of allylic oxidation sites excluding steroid dienone is 7. The Morgan fingerprint density at radius 1 is 1.27 bits per heavy atom. The molecule has 1 aromatic rings. The van der Waals surface area contributed by atoms with Crippen LogP contribution in [0.15, 0.2) is 78.1 Å². The van der Waals surface area contributed by atoms with E-state index < -0.39 is 0 Å². The normalized spacial score (nSPS) is 15.5. The minimum atomic E-state index is 1.04. The first-order valence-corrected chi connectivity index (χ1v) is 7.84. The molecule has 0 fully saturated rings. The summed E-state index contributed by atoms with van der Waals surface area (Å²) in [4.78, 5) is 0. The maximum Gasteiger partial charge on any atom is 0.0416 e. The second-order valence-corrected chi connectivity index (χ2v) is 5.51. The van der Waals surface area contributed by atoms with Crippen LogP contribution in [0.4, 0.5) is 0 Å². The van der Waals surface area contributed by atoms with Gasteiger partial charge in [-0.2, -0.15) is 0 Å². The summed E-state index contributed by atoms with van der Waals surface area (Å²) in [7, 11) is 1.97. The first-order chi connectivity index (χ1) is 10.7. The lowest BCUT2D eigenvalue weighted by atomic mass is 9.93. The molecule has 0 aromatic heterocycles. The molecule has 0 unspecified atom stereocenters. The molecule has 1 aromatic carbocycles. The third kappa shape index (κ3) is 3.67. The smallest absolute Gasteiger partial charge is 0.0416 e. The Morgan fingerprint density at radius 3 is 2.64 bits per heavy atom. The van der Waals surface area contributed by atoms with Crippen molar-refractivity contribution in [3.8, 4) is 0 Å². The molecule has 0 bridgehead atoms. The number of hydrogen-bond acceptors (Lipinski definition) is 1. The summed E-state index contributed by atoms with van der Waals surface area (Å²) in [5, 5.41) is 3.34. The highest BCUT2D eigenvalue weighted by Gasteiger charge is 2.11. The van der Waals surface area contributed by atoms with Crippen molar-refractivity contribution in [1.29, 1.82) is 0 Å². The summed E-state index contributed by atoms with van der Waals surface area (Å²) in [5.41, 5.74) is 7.25. The Morgan fingerprint density at radius 2 is 2.05 bits per heavy atom. The molecule has 1 heteroatoms. The highest BCUT2D eigenvalue weighted by molar-refractivity contribution is 5.76. The van der Waals surface area contributed by atoms with Gasteiger partial charge in [0, 0.05) is 12.7 Å². The van der Waals surface area contributed by atoms with Crippen LogP contribution in [0.5, 0.6) is 0 Å². The van der Waals surface area contributed by atoms with E-state index in [1.807, 2.05) is 7.05 Å². The topological polar surface area (TPSA) is 12.0 Å². The highest BCUT2D eigenvalue weighted by Crippen LogP contribution is 2.27. The Labute approximate surface area is 134 Å². The van der Waals surface area contributed by atoms with Crippen LogP contribution in [0.25, 0.3) is 5.57 Å². The molecule has 0 amide bonds. The highest BCUT2D eigenvalue weighted by atomic mass is 14.8. The van der Waals surface area contributed by atoms with Crippen LogP contribution in [-0.4, -0.2) is 7.05 Å². The molecule has 1 N–H and O–H groups in total. The number of benzene rings is 1. The predicted octanol–water partition coefficient (Wildman–Crippen LogP) is 5.33. The number of aryl methyl sites for hydroxylation is 1. The van der Waals surface area contributed by atoms with Gasteiger partial charge in [0.1, 0.15) is 0 Å². The third-order valence-corrected chi connectivity index (χ3v) is 4.02. The van der Waals surface area contributed by atoms with Crippen LogP contribution < -0.4 is 5.32 Å². The van der Waals surface area contributed by atoms with Gasteiger partial charge in [-0.25, -0.2) is 0 Å². The molecule has 114 valence electrons. The molecule has 1 nitrogen and oxygen atoms in total. The van der Waals surface area contributed by atoms with E-state index in [1.54, 1.807) is 0 Å². The van der Waals surface area contributed by atoms with Gasteiger partial charge in [0.15, 0.2) is 0 Å². The lowest BCUT2D eigenvalue weighted by Gasteiger charge is -2.17. The molecule has 0 spiro atoms. The average molecular weight is 291 g/mol. The summed E-state index contributed by atoms with van der Waals surface area (Å²) < 4.78 is 0. The van der Waals surface area contributed by atoms with E-state index in [9.17, 15) is 0 Å². The van der Waals surface area contributed by atoms with Gasteiger partial charge in [0.05, 0.1) is 0 Å². The standard InChI is InChI=1S/C21H25N/c1-5-19(18-12-7-6-8-13-18)21(22-4)15-17(3)20-14-10-9-11-16(20)2/h5-7,9-12,14-15,22H,3,8,13H2,1-2,4H3/b19-5-,21-15+. The van der Waals surface area contributed by atoms with Gasteiger partial charge in [0.2, 0.25) is 0 Å². The Bertz CT molecular complexity index is 669. The van der Waals surface area contributed by atoms with Crippen LogP contribution in [-0.2, 0) is 0 Å². The second-order valence-electron chi connectivity index (χ2n) is 5.51. The van der Waals surface area contributed by atoms with Gasteiger partial charge in [-0.1, -0.05) is 55.1 Å². The summed E-state index contributed by atoms with van der Waals surface area (Å²) >= 11 is 0. The first kappa shape index (κ1) is 16.1. The number of rotatable bonds is 5. The third-order valence-electron chi connectivity index (χ3n) is 4.02.